The molecule has 8 heteroatoms. The molecule has 1 aliphatic heterocycles. The topological polar surface area (TPSA) is 69.6 Å². The van der Waals surface area contributed by atoms with E-state index in [1.807, 2.05) is 25.1 Å². The smallest absolute Gasteiger partial charge is 0.394 e. The van der Waals surface area contributed by atoms with Crippen molar-refractivity contribution in [1.82, 2.24) is 10.2 Å². The first-order chi connectivity index (χ1) is 12.7. The van der Waals surface area contributed by atoms with E-state index in [-0.39, 0.29) is 12.0 Å². The molecule has 0 bridgehead atoms. The molecule has 0 saturated carbocycles. The third kappa shape index (κ3) is 4.04. The van der Waals surface area contributed by atoms with Crippen LogP contribution >= 0.6 is 0 Å². The van der Waals surface area contributed by atoms with E-state index in [9.17, 15) is 22.8 Å². The molecule has 1 heterocycles. The number of hydrogen-bond donors (Lipinski definition) is 2. The van der Waals surface area contributed by atoms with E-state index in [4.69, 9.17) is 5.11 Å². The molecular weight excluding hydrogens is 361 g/mol. The molecular formula is C19H23F3N2O3. The van der Waals surface area contributed by atoms with Gasteiger partial charge in [0, 0.05) is 25.0 Å². The minimum absolute atomic E-state index is 0.0928. The van der Waals surface area contributed by atoms with Gasteiger partial charge in [0.2, 0.25) is 0 Å². The Labute approximate surface area is 155 Å². The maximum atomic E-state index is 13.1. The van der Waals surface area contributed by atoms with E-state index < -0.39 is 43.1 Å². The fourth-order valence-electron chi connectivity index (χ4n) is 4.25. The van der Waals surface area contributed by atoms with Crippen LogP contribution in [0.25, 0.3) is 0 Å². The Kier molecular flexibility index (Phi) is 5.35. The van der Waals surface area contributed by atoms with Crippen LogP contribution < -0.4 is 5.32 Å². The molecule has 1 fully saturated rings. The lowest BCUT2D eigenvalue weighted by Gasteiger charge is -2.32. The summed E-state index contributed by atoms with van der Waals surface area (Å²) in [5, 5.41) is 11.9. The van der Waals surface area contributed by atoms with Crippen molar-refractivity contribution in [3.8, 4) is 0 Å². The monoisotopic (exact) mass is 384 g/mol. The van der Waals surface area contributed by atoms with Crippen molar-refractivity contribution in [3.05, 3.63) is 35.4 Å². The highest BCUT2D eigenvalue weighted by atomic mass is 19.4. The SMILES string of the molecule is C[C@@H](NC(=O)N1C[C@@H](C(F)(F)F)[C@H](C(=O)O)C1)C1CCCc2ccccc21. The van der Waals surface area contributed by atoms with Crippen molar-refractivity contribution in [2.24, 2.45) is 11.8 Å². The van der Waals surface area contributed by atoms with Crippen LogP contribution in [-0.4, -0.2) is 47.3 Å². The highest BCUT2D eigenvalue weighted by Gasteiger charge is 2.53. The third-order valence-corrected chi connectivity index (χ3v) is 5.72. The maximum Gasteiger partial charge on any atom is 0.394 e. The van der Waals surface area contributed by atoms with Crippen LogP contribution in [-0.2, 0) is 11.2 Å². The molecule has 1 aromatic carbocycles. The number of hydrogen-bond acceptors (Lipinski definition) is 2. The number of urea groups is 1. The number of amides is 2. The van der Waals surface area contributed by atoms with Gasteiger partial charge < -0.3 is 15.3 Å². The van der Waals surface area contributed by atoms with Crippen LogP contribution in [0.15, 0.2) is 24.3 Å². The zero-order valence-corrected chi connectivity index (χ0v) is 15.0. The number of likely N-dealkylation sites (tertiary alicyclic amines) is 1. The van der Waals surface area contributed by atoms with Crippen LogP contribution in [0.1, 0.15) is 36.8 Å². The Bertz CT molecular complexity index is 722. The maximum absolute atomic E-state index is 13.1. The molecule has 2 amide bonds. The van der Waals surface area contributed by atoms with Crippen molar-refractivity contribution in [2.45, 2.75) is 44.3 Å². The highest BCUT2D eigenvalue weighted by Crippen LogP contribution is 2.38. The molecule has 2 aliphatic rings. The normalized spacial score (nSPS) is 26.4. The molecule has 1 unspecified atom stereocenters. The Morgan fingerprint density at radius 1 is 1.26 bits per heavy atom. The molecule has 4 atom stereocenters. The van der Waals surface area contributed by atoms with E-state index in [0.717, 1.165) is 29.7 Å². The number of carboxylic acids is 1. The van der Waals surface area contributed by atoms with E-state index in [0.29, 0.717) is 0 Å². The number of aryl methyl sites for hydroxylation is 1. The molecule has 27 heavy (non-hydrogen) atoms. The first-order valence-corrected chi connectivity index (χ1v) is 9.11. The average molecular weight is 384 g/mol. The first-order valence-electron chi connectivity index (χ1n) is 9.11. The van der Waals surface area contributed by atoms with Crippen LogP contribution in [0.2, 0.25) is 0 Å². The molecule has 0 spiro atoms. The molecule has 1 aromatic rings. The third-order valence-electron chi connectivity index (χ3n) is 5.72. The van der Waals surface area contributed by atoms with Crippen LogP contribution in [0, 0.1) is 11.8 Å². The largest absolute Gasteiger partial charge is 0.481 e. The van der Waals surface area contributed by atoms with E-state index in [1.165, 1.54) is 5.56 Å². The lowest BCUT2D eigenvalue weighted by Crippen LogP contribution is -2.46. The standard InChI is InChI=1S/C19H23F3N2O3/c1-11(13-8-4-6-12-5-2-3-7-14(12)13)23-18(27)24-9-15(17(25)26)16(10-24)19(20,21)22/h2-3,5,7,11,13,15-16H,4,6,8-10H2,1H3,(H,23,27)(H,25,26)/t11-,13?,15-,16-/m1/s1. The van der Waals surface area contributed by atoms with Gasteiger partial charge in [0.25, 0.3) is 0 Å². The zero-order valence-electron chi connectivity index (χ0n) is 15.0. The number of alkyl halides is 3. The van der Waals surface area contributed by atoms with Gasteiger partial charge >= 0.3 is 18.2 Å². The summed E-state index contributed by atoms with van der Waals surface area (Å²) in [6, 6.07) is 7.10. The second-order valence-electron chi connectivity index (χ2n) is 7.43. The van der Waals surface area contributed by atoms with Gasteiger partial charge in [-0.05, 0) is 37.3 Å². The summed E-state index contributed by atoms with van der Waals surface area (Å²) in [4.78, 5) is 24.7. The number of carbonyl (C=O) groups is 2. The fourth-order valence-corrected chi connectivity index (χ4v) is 4.25. The second-order valence-corrected chi connectivity index (χ2v) is 7.43. The predicted molar refractivity (Wildman–Crippen MR) is 92.4 cm³/mol. The number of halogens is 3. The molecule has 148 valence electrons. The zero-order chi connectivity index (χ0) is 19.8. The summed E-state index contributed by atoms with van der Waals surface area (Å²) < 4.78 is 39.3. The summed E-state index contributed by atoms with van der Waals surface area (Å²) in [6.45, 7) is 0.788. The predicted octanol–water partition coefficient (Wildman–Crippen LogP) is 3.40. The van der Waals surface area contributed by atoms with Crippen LogP contribution in [0.4, 0.5) is 18.0 Å². The van der Waals surface area contributed by atoms with Gasteiger partial charge in [0.15, 0.2) is 0 Å². The second kappa shape index (κ2) is 7.40. The number of aliphatic carboxylic acids is 1. The molecule has 3 rings (SSSR count). The van der Waals surface area contributed by atoms with Crippen LogP contribution in [0.5, 0.6) is 0 Å². The summed E-state index contributed by atoms with van der Waals surface area (Å²) >= 11 is 0. The molecule has 0 radical (unpaired) electrons. The summed E-state index contributed by atoms with van der Waals surface area (Å²) in [6.07, 6.45) is -1.79. The lowest BCUT2D eigenvalue weighted by atomic mass is 9.79. The minimum atomic E-state index is -4.65. The molecule has 5 nitrogen and oxygen atoms in total. The Hall–Kier alpha value is -2.25. The number of fused-ring (bicyclic) bond motifs is 1. The molecule has 1 aliphatic carbocycles. The fraction of sp³-hybridized carbons (Fsp3) is 0.579. The Balaban J connectivity index is 1.68. The average Bonchev–Trinajstić information content (AvgIpc) is 3.07. The van der Waals surface area contributed by atoms with E-state index in [1.54, 1.807) is 0 Å². The van der Waals surface area contributed by atoms with Crippen molar-refractivity contribution in [3.63, 3.8) is 0 Å². The highest BCUT2D eigenvalue weighted by molar-refractivity contribution is 5.78. The number of nitrogens with zero attached hydrogens (tertiary/aromatic N) is 1. The number of rotatable bonds is 3. The van der Waals surface area contributed by atoms with Gasteiger partial charge in [-0.3, -0.25) is 4.79 Å². The minimum Gasteiger partial charge on any atom is -0.481 e. The summed E-state index contributed by atoms with van der Waals surface area (Å²) in [5.41, 5.74) is 2.40. The van der Waals surface area contributed by atoms with Crippen molar-refractivity contribution >= 4 is 12.0 Å². The summed E-state index contributed by atoms with van der Waals surface area (Å²) in [5.74, 6) is -5.09. The van der Waals surface area contributed by atoms with Crippen molar-refractivity contribution in [1.29, 1.82) is 0 Å². The van der Waals surface area contributed by atoms with Crippen molar-refractivity contribution in [2.75, 3.05) is 13.1 Å². The lowest BCUT2D eigenvalue weighted by molar-refractivity contribution is -0.187. The molecule has 2 N–H and O–H groups in total. The molecule has 1 saturated heterocycles. The summed E-state index contributed by atoms with van der Waals surface area (Å²) in [7, 11) is 0. The van der Waals surface area contributed by atoms with Gasteiger partial charge in [0.05, 0.1) is 11.8 Å². The Morgan fingerprint density at radius 2 is 1.96 bits per heavy atom. The Morgan fingerprint density at radius 3 is 2.59 bits per heavy atom. The molecule has 0 aromatic heterocycles. The van der Waals surface area contributed by atoms with Gasteiger partial charge in [-0.15, -0.1) is 0 Å². The van der Waals surface area contributed by atoms with Crippen molar-refractivity contribution < 1.29 is 27.9 Å². The number of benzene rings is 1. The van der Waals surface area contributed by atoms with Gasteiger partial charge in [0.1, 0.15) is 0 Å². The first kappa shape index (κ1) is 19.5. The quantitative estimate of drug-likeness (QED) is 0.839. The van der Waals surface area contributed by atoms with E-state index in [2.05, 4.69) is 11.4 Å². The number of nitrogens with one attached hydrogen (secondary N) is 1. The van der Waals surface area contributed by atoms with Gasteiger partial charge in [-0.25, -0.2) is 4.79 Å². The van der Waals surface area contributed by atoms with Gasteiger partial charge in [-0.1, -0.05) is 24.3 Å². The van der Waals surface area contributed by atoms with E-state index >= 15 is 0 Å². The van der Waals surface area contributed by atoms with Crippen LogP contribution in [0.3, 0.4) is 0 Å². The number of carboxylic acid groups (broad SMARTS) is 1. The number of carbonyl (C=O) groups excluding carboxylic acids is 1. The van der Waals surface area contributed by atoms with Gasteiger partial charge in [-0.2, -0.15) is 13.2 Å².